The number of amides is 2. The number of carbonyl (C=O) groups is 1. The molecule has 26 heavy (non-hydrogen) atoms. The highest BCUT2D eigenvalue weighted by atomic mass is 32.2. The third-order valence-electron chi connectivity index (χ3n) is 4.23. The Balaban J connectivity index is 1.82. The summed E-state index contributed by atoms with van der Waals surface area (Å²) in [7, 11) is -3.83. The van der Waals surface area contributed by atoms with Gasteiger partial charge in [-0.2, -0.15) is 0 Å². The van der Waals surface area contributed by atoms with Gasteiger partial charge in [0.1, 0.15) is 5.82 Å². The van der Waals surface area contributed by atoms with Gasteiger partial charge in [0.25, 0.3) is 0 Å². The molecule has 8 heteroatoms. The molecule has 0 saturated carbocycles. The van der Waals surface area contributed by atoms with E-state index < -0.39 is 15.7 Å². The molecule has 0 radical (unpaired) electrons. The maximum Gasteiger partial charge on any atom is 0.321 e. The van der Waals surface area contributed by atoms with Crippen molar-refractivity contribution in [2.24, 2.45) is 0 Å². The molecule has 0 spiro atoms. The van der Waals surface area contributed by atoms with E-state index in [2.05, 4.69) is 10.6 Å². The maximum atomic E-state index is 13.4. The molecule has 1 aliphatic heterocycles. The van der Waals surface area contributed by atoms with Crippen LogP contribution in [-0.2, 0) is 9.84 Å². The van der Waals surface area contributed by atoms with Crippen LogP contribution in [0.15, 0.2) is 52.3 Å². The van der Waals surface area contributed by atoms with Crippen molar-refractivity contribution in [3.8, 4) is 0 Å². The highest BCUT2D eigenvalue weighted by Crippen LogP contribution is 2.26. The van der Waals surface area contributed by atoms with Crippen LogP contribution in [0.3, 0.4) is 0 Å². The van der Waals surface area contributed by atoms with E-state index in [4.69, 9.17) is 0 Å². The molecule has 0 bridgehead atoms. The zero-order valence-corrected chi connectivity index (χ0v) is 15.1. The summed E-state index contributed by atoms with van der Waals surface area (Å²) in [5.74, 6) is -0.608. The van der Waals surface area contributed by atoms with Gasteiger partial charge >= 0.3 is 6.03 Å². The Labute approximate surface area is 151 Å². The second-order valence-electron chi connectivity index (χ2n) is 6.11. The van der Waals surface area contributed by atoms with Crippen molar-refractivity contribution in [3.63, 3.8) is 0 Å². The third kappa shape index (κ3) is 3.86. The predicted molar refractivity (Wildman–Crippen MR) is 96.5 cm³/mol. The van der Waals surface area contributed by atoms with Crippen LogP contribution in [0.25, 0.3) is 0 Å². The zero-order valence-electron chi connectivity index (χ0n) is 14.3. The first-order valence-electron chi connectivity index (χ1n) is 8.26. The van der Waals surface area contributed by atoms with Crippen LogP contribution < -0.4 is 10.6 Å². The summed E-state index contributed by atoms with van der Waals surface area (Å²) in [6.07, 6.45) is 0. The lowest BCUT2D eigenvalue weighted by Gasteiger charge is -2.27. The van der Waals surface area contributed by atoms with Gasteiger partial charge in [-0.15, -0.1) is 0 Å². The van der Waals surface area contributed by atoms with E-state index in [1.165, 1.54) is 24.3 Å². The second kappa shape index (κ2) is 7.43. The van der Waals surface area contributed by atoms with E-state index in [-0.39, 0.29) is 15.8 Å². The van der Waals surface area contributed by atoms with Crippen molar-refractivity contribution in [2.45, 2.75) is 16.7 Å². The molecular formula is C18H20FN3O3S. The number of aryl methyl sites for hydroxylation is 1. The fourth-order valence-corrected chi connectivity index (χ4v) is 4.37. The second-order valence-corrected chi connectivity index (χ2v) is 8.03. The molecule has 2 aromatic carbocycles. The molecule has 3 rings (SSSR count). The van der Waals surface area contributed by atoms with Gasteiger partial charge in [-0.05, 0) is 48.9 Å². The molecule has 138 valence electrons. The first-order valence-corrected chi connectivity index (χ1v) is 9.74. The Bertz CT molecular complexity index is 925. The van der Waals surface area contributed by atoms with E-state index in [0.29, 0.717) is 24.3 Å². The summed E-state index contributed by atoms with van der Waals surface area (Å²) in [6, 6.07) is 9.27. The maximum absolute atomic E-state index is 13.4. The summed E-state index contributed by atoms with van der Waals surface area (Å²) in [4.78, 5) is 13.9. The molecule has 0 aliphatic carbocycles. The largest absolute Gasteiger partial charge is 0.322 e. The lowest BCUT2D eigenvalue weighted by atomic mass is 10.2. The number of hydrogen-bond donors (Lipinski definition) is 2. The van der Waals surface area contributed by atoms with Gasteiger partial charge in [-0.1, -0.05) is 6.07 Å². The van der Waals surface area contributed by atoms with Crippen molar-refractivity contribution < 1.29 is 17.6 Å². The number of halogens is 1. The van der Waals surface area contributed by atoms with E-state index in [0.717, 1.165) is 19.2 Å². The summed E-state index contributed by atoms with van der Waals surface area (Å²) >= 11 is 0. The van der Waals surface area contributed by atoms with Gasteiger partial charge in [-0.25, -0.2) is 17.6 Å². The number of carbonyl (C=O) groups excluding carboxylic acids is 1. The molecule has 1 saturated heterocycles. The first-order chi connectivity index (χ1) is 12.4. The van der Waals surface area contributed by atoms with E-state index >= 15 is 0 Å². The smallest absolute Gasteiger partial charge is 0.321 e. The summed E-state index contributed by atoms with van der Waals surface area (Å²) in [5, 5.41) is 5.96. The van der Waals surface area contributed by atoms with Crippen molar-refractivity contribution in [3.05, 3.63) is 53.8 Å². The van der Waals surface area contributed by atoms with Crippen LogP contribution in [0.5, 0.6) is 0 Å². The number of piperazine rings is 1. The van der Waals surface area contributed by atoms with Gasteiger partial charge in [0.15, 0.2) is 0 Å². The number of hydrogen-bond acceptors (Lipinski definition) is 4. The lowest BCUT2D eigenvalue weighted by Crippen LogP contribution is -2.48. The van der Waals surface area contributed by atoms with Gasteiger partial charge < -0.3 is 15.5 Å². The SMILES string of the molecule is Cc1cc(NC(=O)N2CCNCC2)ccc1S(=O)(=O)c1cccc(F)c1. The molecule has 1 heterocycles. The van der Waals surface area contributed by atoms with Gasteiger partial charge in [0, 0.05) is 31.9 Å². The van der Waals surface area contributed by atoms with E-state index in [9.17, 15) is 17.6 Å². The Morgan fingerprint density at radius 3 is 2.54 bits per heavy atom. The topological polar surface area (TPSA) is 78.5 Å². The average molecular weight is 377 g/mol. The van der Waals surface area contributed by atoms with Crippen LogP contribution in [0.4, 0.5) is 14.9 Å². The van der Waals surface area contributed by atoms with E-state index in [1.807, 2.05) is 0 Å². The van der Waals surface area contributed by atoms with Crippen LogP contribution in [0.1, 0.15) is 5.56 Å². The minimum Gasteiger partial charge on any atom is -0.322 e. The van der Waals surface area contributed by atoms with E-state index in [1.54, 1.807) is 24.0 Å². The average Bonchev–Trinajstić information content (AvgIpc) is 2.62. The molecule has 1 aliphatic rings. The minimum atomic E-state index is -3.83. The van der Waals surface area contributed by atoms with Gasteiger partial charge in [0.2, 0.25) is 9.84 Å². The predicted octanol–water partition coefficient (Wildman–Crippen LogP) is 2.40. The molecule has 2 aromatic rings. The summed E-state index contributed by atoms with van der Waals surface area (Å²) in [5.41, 5.74) is 0.997. The summed E-state index contributed by atoms with van der Waals surface area (Å²) < 4.78 is 38.8. The number of anilines is 1. The molecular weight excluding hydrogens is 357 g/mol. The van der Waals surface area contributed by atoms with Crippen molar-refractivity contribution in [2.75, 3.05) is 31.5 Å². The number of benzene rings is 2. The number of rotatable bonds is 3. The van der Waals surface area contributed by atoms with Crippen LogP contribution in [0, 0.1) is 12.7 Å². The number of nitrogens with zero attached hydrogens (tertiary/aromatic N) is 1. The monoisotopic (exact) mass is 377 g/mol. The van der Waals surface area contributed by atoms with Crippen molar-refractivity contribution in [1.82, 2.24) is 10.2 Å². The highest BCUT2D eigenvalue weighted by molar-refractivity contribution is 7.91. The lowest BCUT2D eigenvalue weighted by molar-refractivity contribution is 0.204. The Kier molecular flexibility index (Phi) is 5.24. The number of nitrogens with one attached hydrogen (secondary N) is 2. The normalized spacial score (nSPS) is 14.9. The number of sulfone groups is 1. The number of urea groups is 1. The van der Waals surface area contributed by atoms with Gasteiger partial charge in [0.05, 0.1) is 9.79 Å². The van der Waals surface area contributed by atoms with Crippen molar-refractivity contribution >= 4 is 21.6 Å². The molecule has 0 unspecified atom stereocenters. The highest BCUT2D eigenvalue weighted by Gasteiger charge is 2.21. The van der Waals surface area contributed by atoms with Crippen LogP contribution in [-0.4, -0.2) is 45.5 Å². The fourth-order valence-electron chi connectivity index (χ4n) is 2.86. The van der Waals surface area contributed by atoms with Crippen LogP contribution in [0.2, 0.25) is 0 Å². The Morgan fingerprint density at radius 2 is 1.88 bits per heavy atom. The molecule has 6 nitrogen and oxygen atoms in total. The Morgan fingerprint density at radius 1 is 1.15 bits per heavy atom. The molecule has 1 fully saturated rings. The summed E-state index contributed by atoms with van der Waals surface area (Å²) in [6.45, 7) is 4.38. The molecule has 2 N–H and O–H groups in total. The molecule has 2 amide bonds. The zero-order chi connectivity index (χ0) is 18.7. The minimum absolute atomic E-state index is 0.0864. The third-order valence-corrected chi connectivity index (χ3v) is 6.14. The van der Waals surface area contributed by atoms with Crippen molar-refractivity contribution in [1.29, 1.82) is 0 Å². The standard InChI is InChI=1S/C18H20FN3O3S/c1-13-11-15(21-18(23)22-9-7-20-8-10-22)5-6-17(13)26(24,25)16-4-2-3-14(19)12-16/h2-6,11-12,20H,7-10H2,1H3,(H,21,23). The van der Waals surface area contributed by atoms with Crippen LogP contribution >= 0.6 is 0 Å². The van der Waals surface area contributed by atoms with Gasteiger partial charge in [-0.3, -0.25) is 0 Å². The fraction of sp³-hybridized carbons (Fsp3) is 0.278. The quantitative estimate of drug-likeness (QED) is 0.861. The molecule has 0 aromatic heterocycles. The first kappa shape index (κ1) is 18.3. The molecule has 0 atom stereocenters. The Hall–Kier alpha value is -2.45.